The highest BCUT2D eigenvalue weighted by Crippen LogP contribution is 2.65. The SMILES string of the molecule is CC[C@@H](Nc1nnc(-c2ccc(C3CC3)cc2)o1)C(=O)N1CC[C@@]2(C1)CC2(F)F. The lowest BCUT2D eigenvalue weighted by atomic mass is 10.1. The summed E-state index contributed by atoms with van der Waals surface area (Å²) in [4.78, 5) is 14.4. The predicted molar refractivity (Wildman–Crippen MR) is 103 cm³/mol. The smallest absolute Gasteiger partial charge is 0.316 e. The topological polar surface area (TPSA) is 71.3 Å². The van der Waals surface area contributed by atoms with Crippen molar-refractivity contribution in [3.05, 3.63) is 29.8 Å². The van der Waals surface area contributed by atoms with Gasteiger partial charge in [-0.1, -0.05) is 24.2 Å². The van der Waals surface area contributed by atoms with E-state index in [0.717, 1.165) is 5.56 Å². The fourth-order valence-corrected chi connectivity index (χ4v) is 4.30. The number of carbonyl (C=O) groups is 1. The van der Waals surface area contributed by atoms with E-state index >= 15 is 0 Å². The van der Waals surface area contributed by atoms with E-state index in [4.69, 9.17) is 4.42 Å². The Hall–Kier alpha value is -2.51. The largest absolute Gasteiger partial charge is 0.403 e. The Morgan fingerprint density at radius 3 is 2.62 bits per heavy atom. The molecule has 0 unspecified atom stereocenters. The Morgan fingerprint density at radius 2 is 2.03 bits per heavy atom. The molecule has 2 saturated carbocycles. The van der Waals surface area contributed by atoms with Crippen LogP contribution in [0, 0.1) is 5.41 Å². The Balaban J connectivity index is 1.24. The molecule has 0 bridgehead atoms. The van der Waals surface area contributed by atoms with Gasteiger partial charge >= 0.3 is 6.01 Å². The molecule has 1 amide bonds. The number of benzene rings is 1. The maximum Gasteiger partial charge on any atom is 0.316 e. The fourth-order valence-electron chi connectivity index (χ4n) is 4.30. The summed E-state index contributed by atoms with van der Waals surface area (Å²) in [5.74, 6) is -1.76. The van der Waals surface area contributed by atoms with E-state index in [0.29, 0.717) is 31.2 Å². The molecule has 3 fully saturated rings. The summed E-state index contributed by atoms with van der Waals surface area (Å²) in [6.07, 6.45) is 3.24. The zero-order valence-corrected chi connectivity index (χ0v) is 16.3. The Labute approximate surface area is 167 Å². The second-order valence-electron chi connectivity index (χ2n) is 8.59. The molecular weight excluding hydrogens is 378 g/mol. The summed E-state index contributed by atoms with van der Waals surface area (Å²) in [6, 6.07) is 7.68. The molecule has 1 aliphatic heterocycles. The lowest BCUT2D eigenvalue weighted by molar-refractivity contribution is -0.131. The quantitative estimate of drug-likeness (QED) is 0.789. The number of anilines is 1. The number of rotatable bonds is 6. The second-order valence-corrected chi connectivity index (χ2v) is 8.59. The number of carbonyl (C=O) groups excluding carboxylic acids is 1. The molecule has 2 aliphatic carbocycles. The zero-order chi connectivity index (χ0) is 20.2. The van der Waals surface area contributed by atoms with Crippen LogP contribution < -0.4 is 5.32 Å². The molecular formula is C21H24F2N4O2. The van der Waals surface area contributed by atoms with Crippen LogP contribution in [0.2, 0.25) is 0 Å². The van der Waals surface area contributed by atoms with Crippen LogP contribution in [0.25, 0.3) is 11.5 Å². The summed E-state index contributed by atoms with van der Waals surface area (Å²) < 4.78 is 32.9. The molecule has 2 atom stereocenters. The van der Waals surface area contributed by atoms with Crippen molar-refractivity contribution in [2.75, 3.05) is 18.4 Å². The summed E-state index contributed by atoms with van der Waals surface area (Å²) in [7, 11) is 0. The monoisotopic (exact) mass is 402 g/mol. The van der Waals surface area contributed by atoms with E-state index < -0.39 is 17.4 Å². The second kappa shape index (κ2) is 6.50. The number of nitrogens with one attached hydrogen (secondary N) is 1. The summed E-state index contributed by atoms with van der Waals surface area (Å²) in [6.45, 7) is 2.36. The number of amides is 1. The number of hydrogen-bond acceptors (Lipinski definition) is 5. The minimum Gasteiger partial charge on any atom is -0.403 e. The maximum atomic E-state index is 13.6. The molecule has 0 radical (unpaired) electrons. The van der Waals surface area contributed by atoms with Gasteiger partial charge in [-0.15, -0.1) is 5.10 Å². The van der Waals surface area contributed by atoms with E-state index in [1.807, 2.05) is 19.1 Å². The number of halogens is 2. The predicted octanol–water partition coefficient (Wildman–Crippen LogP) is 4.06. The van der Waals surface area contributed by atoms with Gasteiger partial charge in [0.25, 0.3) is 5.92 Å². The van der Waals surface area contributed by atoms with Crippen molar-refractivity contribution in [2.24, 2.45) is 5.41 Å². The van der Waals surface area contributed by atoms with Crippen LogP contribution in [0.3, 0.4) is 0 Å². The Bertz CT molecular complexity index is 925. The number of aromatic nitrogens is 2. The lowest BCUT2D eigenvalue weighted by Gasteiger charge is -2.22. The van der Waals surface area contributed by atoms with Crippen LogP contribution in [0.5, 0.6) is 0 Å². The van der Waals surface area contributed by atoms with Crippen molar-refractivity contribution < 1.29 is 18.0 Å². The highest BCUT2D eigenvalue weighted by molar-refractivity contribution is 5.84. The first-order valence-corrected chi connectivity index (χ1v) is 10.3. The third-order valence-corrected chi connectivity index (χ3v) is 6.51. The van der Waals surface area contributed by atoms with E-state index in [9.17, 15) is 13.6 Å². The van der Waals surface area contributed by atoms with Gasteiger partial charge in [0, 0.05) is 25.1 Å². The highest BCUT2D eigenvalue weighted by Gasteiger charge is 2.73. The first-order chi connectivity index (χ1) is 13.9. The van der Waals surface area contributed by atoms with Crippen molar-refractivity contribution in [3.8, 4) is 11.5 Å². The van der Waals surface area contributed by atoms with E-state index in [1.165, 1.54) is 23.3 Å². The van der Waals surface area contributed by atoms with Crippen molar-refractivity contribution in [3.63, 3.8) is 0 Å². The van der Waals surface area contributed by atoms with Crippen LogP contribution in [-0.4, -0.2) is 46.1 Å². The van der Waals surface area contributed by atoms with Crippen LogP contribution in [0.15, 0.2) is 28.7 Å². The average molecular weight is 402 g/mol. The van der Waals surface area contributed by atoms with Crippen molar-refractivity contribution in [2.45, 2.75) is 56.9 Å². The van der Waals surface area contributed by atoms with Gasteiger partial charge in [0.2, 0.25) is 11.8 Å². The Morgan fingerprint density at radius 1 is 1.31 bits per heavy atom. The van der Waals surface area contributed by atoms with Gasteiger partial charge in [0.15, 0.2) is 0 Å². The summed E-state index contributed by atoms with van der Waals surface area (Å²) >= 11 is 0. The molecule has 1 spiro atoms. The van der Waals surface area contributed by atoms with Gasteiger partial charge in [0.1, 0.15) is 6.04 Å². The molecule has 2 aromatic rings. The minimum absolute atomic E-state index is 0.111. The Kier molecular flexibility index (Phi) is 4.15. The van der Waals surface area contributed by atoms with Gasteiger partial charge < -0.3 is 14.6 Å². The summed E-state index contributed by atoms with van der Waals surface area (Å²) in [5.41, 5.74) is 1.16. The van der Waals surface area contributed by atoms with E-state index in [1.54, 1.807) is 0 Å². The third-order valence-electron chi connectivity index (χ3n) is 6.51. The number of hydrogen-bond donors (Lipinski definition) is 1. The minimum atomic E-state index is -2.63. The summed E-state index contributed by atoms with van der Waals surface area (Å²) in [5, 5.41) is 11.1. The van der Waals surface area contributed by atoms with Crippen molar-refractivity contribution in [1.82, 2.24) is 15.1 Å². The van der Waals surface area contributed by atoms with Crippen LogP contribution in [0.4, 0.5) is 14.8 Å². The van der Waals surface area contributed by atoms with Gasteiger partial charge in [-0.3, -0.25) is 4.79 Å². The van der Waals surface area contributed by atoms with Crippen LogP contribution >= 0.6 is 0 Å². The molecule has 5 rings (SSSR count). The molecule has 6 nitrogen and oxygen atoms in total. The van der Waals surface area contributed by atoms with Gasteiger partial charge in [-0.25, -0.2) is 8.78 Å². The van der Waals surface area contributed by atoms with Crippen molar-refractivity contribution in [1.29, 1.82) is 0 Å². The molecule has 2 heterocycles. The number of likely N-dealkylation sites (tertiary alicyclic amines) is 1. The average Bonchev–Trinajstić information content (AvgIpc) is 3.50. The lowest BCUT2D eigenvalue weighted by Crippen LogP contribution is -2.42. The molecule has 1 aromatic carbocycles. The highest BCUT2D eigenvalue weighted by atomic mass is 19.3. The molecule has 154 valence electrons. The van der Waals surface area contributed by atoms with Gasteiger partial charge in [0.05, 0.1) is 5.41 Å². The first kappa shape index (κ1) is 18.5. The molecule has 1 saturated heterocycles. The van der Waals surface area contributed by atoms with E-state index in [-0.39, 0.29) is 24.9 Å². The van der Waals surface area contributed by atoms with Gasteiger partial charge in [-0.05, 0) is 49.3 Å². The van der Waals surface area contributed by atoms with E-state index in [2.05, 4.69) is 27.6 Å². The number of alkyl halides is 2. The standard InChI is InChI=1S/C21H24F2N4O2/c1-2-16(18(28)27-10-9-20(12-27)11-21(20,22)23)24-19-26-25-17(29-19)15-7-5-14(6-8-15)13-3-4-13/h5-8,13,16H,2-4,9-12H2,1H3,(H,24,26)/t16-,20+/m1/s1. The maximum absolute atomic E-state index is 13.6. The fraction of sp³-hybridized carbons (Fsp3) is 0.571. The third kappa shape index (κ3) is 3.28. The first-order valence-electron chi connectivity index (χ1n) is 10.3. The molecule has 29 heavy (non-hydrogen) atoms. The number of nitrogens with zero attached hydrogens (tertiary/aromatic N) is 3. The van der Waals surface area contributed by atoms with Crippen LogP contribution in [0.1, 0.15) is 50.5 Å². The van der Waals surface area contributed by atoms with Crippen LogP contribution in [-0.2, 0) is 4.79 Å². The normalized spacial score (nSPS) is 26.0. The molecule has 1 N–H and O–H groups in total. The molecule has 1 aromatic heterocycles. The molecule has 8 heteroatoms. The van der Waals surface area contributed by atoms with Gasteiger partial charge in [-0.2, -0.15) is 0 Å². The zero-order valence-electron chi connectivity index (χ0n) is 16.3. The molecule has 3 aliphatic rings. The van der Waals surface area contributed by atoms with Crippen molar-refractivity contribution >= 4 is 11.9 Å².